The van der Waals surface area contributed by atoms with Gasteiger partial charge in [-0.1, -0.05) is 12.1 Å². The van der Waals surface area contributed by atoms with Gasteiger partial charge in [-0.2, -0.15) is 11.3 Å². The van der Waals surface area contributed by atoms with Crippen molar-refractivity contribution in [3.05, 3.63) is 81.8 Å². The van der Waals surface area contributed by atoms with Gasteiger partial charge in [0, 0.05) is 35.8 Å². The molecule has 1 N–H and O–H groups in total. The number of imidazole rings is 1. The summed E-state index contributed by atoms with van der Waals surface area (Å²) in [6, 6.07) is 7.62. The van der Waals surface area contributed by atoms with Crippen molar-refractivity contribution in [1.29, 1.82) is 0 Å². The molecule has 1 atom stereocenters. The van der Waals surface area contributed by atoms with Crippen LogP contribution in [0.4, 0.5) is 4.39 Å². The molecule has 0 saturated heterocycles. The van der Waals surface area contributed by atoms with Gasteiger partial charge in [0.05, 0.1) is 12.1 Å². The van der Waals surface area contributed by atoms with E-state index in [-0.39, 0.29) is 18.1 Å². The minimum absolute atomic E-state index is 0.167. The Morgan fingerprint density at radius 1 is 1.25 bits per heavy atom. The second kappa shape index (κ2) is 8.04. The van der Waals surface area contributed by atoms with Crippen LogP contribution in [0.25, 0.3) is 10.6 Å². The van der Waals surface area contributed by atoms with Crippen LogP contribution in [0.15, 0.2) is 58.9 Å². The number of aromatic nitrogens is 3. The molecule has 3 heterocycles. The highest BCUT2D eigenvalue weighted by atomic mass is 32.1. The summed E-state index contributed by atoms with van der Waals surface area (Å²) in [6.07, 6.45) is 3.65. The standard InChI is InChI=1S/C20H17FN4OS2/c1-25-8-7-22-19(25)18(13-2-4-15(21)5-3-13)24-17(26)10-16-12-28-20(23-16)14-6-9-27-11-14/h2-9,11-12,18H,10H2,1H3,(H,24,26). The van der Waals surface area contributed by atoms with E-state index in [1.165, 1.54) is 23.5 Å². The number of rotatable bonds is 6. The second-order valence-electron chi connectivity index (χ2n) is 6.28. The third kappa shape index (κ3) is 4.02. The molecule has 0 aliphatic heterocycles. The lowest BCUT2D eigenvalue weighted by molar-refractivity contribution is -0.121. The number of carbonyl (C=O) groups excluding carboxylic acids is 1. The van der Waals surface area contributed by atoms with Crippen molar-refractivity contribution in [2.75, 3.05) is 0 Å². The highest BCUT2D eigenvalue weighted by Crippen LogP contribution is 2.26. The van der Waals surface area contributed by atoms with Crippen molar-refractivity contribution in [3.63, 3.8) is 0 Å². The molecule has 1 unspecified atom stereocenters. The van der Waals surface area contributed by atoms with E-state index in [4.69, 9.17) is 0 Å². The fourth-order valence-electron chi connectivity index (χ4n) is 2.89. The number of carbonyl (C=O) groups is 1. The number of nitrogens with one attached hydrogen (secondary N) is 1. The van der Waals surface area contributed by atoms with Gasteiger partial charge in [0.1, 0.15) is 22.7 Å². The van der Waals surface area contributed by atoms with E-state index >= 15 is 0 Å². The Morgan fingerprint density at radius 3 is 2.75 bits per heavy atom. The lowest BCUT2D eigenvalue weighted by Gasteiger charge is -2.19. The molecule has 3 aromatic heterocycles. The zero-order valence-electron chi connectivity index (χ0n) is 15.0. The topological polar surface area (TPSA) is 59.8 Å². The van der Waals surface area contributed by atoms with Crippen LogP contribution >= 0.6 is 22.7 Å². The maximum Gasteiger partial charge on any atom is 0.226 e. The summed E-state index contributed by atoms with van der Waals surface area (Å²) in [5, 5.41) is 9.86. The Morgan fingerprint density at radius 2 is 2.07 bits per heavy atom. The lowest BCUT2D eigenvalue weighted by Crippen LogP contribution is -2.32. The molecule has 142 valence electrons. The van der Waals surface area contributed by atoms with Crippen LogP contribution in [0.3, 0.4) is 0 Å². The van der Waals surface area contributed by atoms with E-state index in [0.29, 0.717) is 5.82 Å². The first kappa shape index (κ1) is 18.5. The number of thiazole rings is 1. The zero-order chi connectivity index (χ0) is 19.5. The number of nitrogens with zero attached hydrogens (tertiary/aromatic N) is 3. The first-order chi connectivity index (χ1) is 13.6. The number of hydrogen-bond donors (Lipinski definition) is 1. The van der Waals surface area contributed by atoms with Gasteiger partial charge in [-0.3, -0.25) is 4.79 Å². The first-order valence-electron chi connectivity index (χ1n) is 8.59. The SMILES string of the molecule is Cn1ccnc1C(NC(=O)Cc1csc(-c2ccsc2)n1)c1ccc(F)cc1. The van der Waals surface area contributed by atoms with Gasteiger partial charge in [-0.15, -0.1) is 11.3 Å². The van der Waals surface area contributed by atoms with Crippen molar-refractivity contribution >= 4 is 28.6 Å². The molecule has 4 rings (SSSR count). The molecule has 0 aliphatic rings. The van der Waals surface area contributed by atoms with Crippen molar-refractivity contribution in [3.8, 4) is 10.6 Å². The van der Waals surface area contributed by atoms with E-state index in [0.717, 1.165) is 21.8 Å². The predicted molar refractivity (Wildman–Crippen MR) is 109 cm³/mol. The smallest absolute Gasteiger partial charge is 0.226 e. The van der Waals surface area contributed by atoms with Gasteiger partial charge in [-0.25, -0.2) is 14.4 Å². The Balaban J connectivity index is 1.52. The Bertz CT molecular complexity index is 1070. The van der Waals surface area contributed by atoms with Gasteiger partial charge in [-0.05, 0) is 29.1 Å². The summed E-state index contributed by atoms with van der Waals surface area (Å²) < 4.78 is 15.2. The average Bonchev–Trinajstić information content (AvgIpc) is 3.42. The number of amides is 1. The van der Waals surface area contributed by atoms with Crippen LogP contribution in [0.1, 0.15) is 23.1 Å². The van der Waals surface area contributed by atoms with Crippen molar-refractivity contribution in [2.24, 2.45) is 7.05 Å². The van der Waals surface area contributed by atoms with Gasteiger partial charge in [0.15, 0.2) is 0 Å². The second-order valence-corrected chi connectivity index (χ2v) is 7.92. The number of aryl methyl sites for hydroxylation is 1. The highest BCUT2D eigenvalue weighted by molar-refractivity contribution is 7.14. The molecule has 5 nitrogen and oxygen atoms in total. The Labute approximate surface area is 169 Å². The minimum atomic E-state index is -0.469. The largest absolute Gasteiger partial charge is 0.342 e. The number of benzene rings is 1. The predicted octanol–water partition coefficient (Wildman–Crippen LogP) is 4.19. The summed E-state index contributed by atoms with van der Waals surface area (Å²) in [5.74, 6) is 0.189. The summed E-state index contributed by atoms with van der Waals surface area (Å²) in [6.45, 7) is 0. The van der Waals surface area contributed by atoms with Crippen molar-refractivity contribution in [1.82, 2.24) is 19.9 Å². The molecule has 0 spiro atoms. The molecule has 0 fully saturated rings. The normalized spacial score (nSPS) is 12.1. The number of halogens is 1. The summed E-state index contributed by atoms with van der Waals surface area (Å²) in [4.78, 5) is 21.6. The molecule has 0 radical (unpaired) electrons. The number of thiophene rings is 1. The maximum absolute atomic E-state index is 13.3. The van der Waals surface area contributed by atoms with Crippen LogP contribution in [0.5, 0.6) is 0 Å². The fraction of sp³-hybridized carbons (Fsp3) is 0.150. The van der Waals surface area contributed by atoms with Crippen LogP contribution in [0.2, 0.25) is 0 Å². The molecular weight excluding hydrogens is 395 g/mol. The molecule has 1 amide bonds. The summed E-state index contributed by atoms with van der Waals surface area (Å²) >= 11 is 3.14. The molecule has 0 bridgehead atoms. The Hall–Kier alpha value is -2.84. The van der Waals surface area contributed by atoms with Crippen LogP contribution in [-0.2, 0) is 18.3 Å². The van der Waals surface area contributed by atoms with Gasteiger partial charge in [0.2, 0.25) is 5.91 Å². The van der Waals surface area contributed by atoms with Crippen molar-refractivity contribution in [2.45, 2.75) is 12.5 Å². The highest BCUT2D eigenvalue weighted by Gasteiger charge is 2.21. The third-order valence-electron chi connectivity index (χ3n) is 4.29. The maximum atomic E-state index is 13.3. The van der Waals surface area contributed by atoms with E-state index in [1.54, 1.807) is 29.7 Å². The molecule has 4 aromatic rings. The molecule has 0 saturated carbocycles. The number of hydrogen-bond acceptors (Lipinski definition) is 5. The van der Waals surface area contributed by atoms with Crippen molar-refractivity contribution < 1.29 is 9.18 Å². The Kier molecular flexibility index (Phi) is 5.31. The monoisotopic (exact) mass is 412 g/mol. The van der Waals surface area contributed by atoms with E-state index in [2.05, 4.69) is 15.3 Å². The molecule has 1 aromatic carbocycles. The van der Waals surface area contributed by atoms with Gasteiger partial charge < -0.3 is 9.88 Å². The lowest BCUT2D eigenvalue weighted by atomic mass is 10.1. The van der Waals surface area contributed by atoms with E-state index in [1.807, 2.05) is 40.0 Å². The first-order valence-corrected chi connectivity index (χ1v) is 10.4. The van der Waals surface area contributed by atoms with Crippen LogP contribution < -0.4 is 5.32 Å². The molecule has 0 aliphatic carbocycles. The summed E-state index contributed by atoms with van der Waals surface area (Å²) in [7, 11) is 1.86. The van der Waals surface area contributed by atoms with Gasteiger partial charge in [0.25, 0.3) is 0 Å². The van der Waals surface area contributed by atoms with E-state index in [9.17, 15) is 9.18 Å². The molecule has 28 heavy (non-hydrogen) atoms. The zero-order valence-corrected chi connectivity index (χ0v) is 16.6. The van der Waals surface area contributed by atoms with Crippen LogP contribution in [0, 0.1) is 5.82 Å². The molecular formula is C20H17FN4OS2. The third-order valence-corrected chi connectivity index (χ3v) is 5.91. The quantitative estimate of drug-likeness (QED) is 0.517. The minimum Gasteiger partial charge on any atom is -0.342 e. The van der Waals surface area contributed by atoms with Crippen LogP contribution in [-0.4, -0.2) is 20.4 Å². The fourth-order valence-corrected chi connectivity index (χ4v) is 4.42. The molecule has 8 heteroatoms. The summed E-state index contributed by atoms with van der Waals surface area (Å²) in [5.41, 5.74) is 2.56. The van der Waals surface area contributed by atoms with E-state index < -0.39 is 6.04 Å². The van der Waals surface area contributed by atoms with Gasteiger partial charge >= 0.3 is 0 Å². The average molecular weight is 413 g/mol.